The molecule has 0 bridgehead atoms. The summed E-state index contributed by atoms with van der Waals surface area (Å²) in [5.41, 5.74) is 6.46. The molecule has 0 amide bonds. The van der Waals surface area contributed by atoms with Gasteiger partial charge in [-0.05, 0) is 60.2 Å². The minimum Gasteiger partial charge on any atom is -0.481 e. The van der Waals surface area contributed by atoms with Gasteiger partial charge in [0.15, 0.2) is 11.2 Å². The molecule has 29 heavy (non-hydrogen) atoms. The van der Waals surface area contributed by atoms with Gasteiger partial charge in [0.25, 0.3) is 0 Å². The van der Waals surface area contributed by atoms with Gasteiger partial charge in [0.1, 0.15) is 0 Å². The smallest absolute Gasteiger partial charge is 0.307 e. The molecule has 2 heterocycles. The number of carbonyl (C=O) groups is 1. The van der Waals surface area contributed by atoms with E-state index in [1.165, 1.54) is 17.5 Å². The fourth-order valence-electron chi connectivity index (χ4n) is 3.66. The molecule has 1 aliphatic carbocycles. The molecule has 144 valence electrons. The van der Waals surface area contributed by atoms with Gasteiger partial charge in [-0.25, -0.2) is 4.98 Å². The van der Waals surface area contributed by atoms with Crippen LogP contribution < -0.4 is 5.32 Å². The van der Waals surface area contributed by atoms with Crippen molar-refractivity contribution in [1.82, 2.24) is 25.0 Å². The van der Waals surface area contributed by atoms with Crippen molar-refractivity contribution in [2.75, 3.05) is 5.32 Å². The Labute approximate surface area is 166 Å². The number of aromatic nitrogens is 5. The van der Waals surface area contributed by atoms with Crippen LogP contribution in [0, 0.1) is 0 Å². The molecule has 0 saturated heterocycles. The number of nitrogens with zero attached hydrogens (tertiary/aromatic N) is 5. The van der Waals surface area contributed by atoms with Crippen LogP contribution in [0.4, 0.5) is 11.6 Å². The standard InChI is InChI=1S/C21H18N6O2/c28-19(29)10-13-4-7-16(8-5-13)23-21-22-12-18-20(24-21)27(26-25-18)17-9-6-14-2-1-3-15(14)11-17/h4-9,11-12H,1-3,10H2,(H,28,29)(H,22,23,24). The lowest BCUT2D eigenvalue weighted by Crippen LogP contribution is -2.02. The second-order valence-corrected chi connectivity index (χ2v) is 7.10. The van der Waals surface area contributed by atoms with E-state index in [1.807, 2.05) is 12.1 Å². The van der Waals surface area contributed by atoms with Gasteiger partial charge in [-0.15, -0.1) is 5.10 Å². The summed E-state index contributed by atoms with van der Waals surface area (Å²) >= 11 is 0. The van der Waals surface area contributed by atoms with Gasteiger partial charge in [-0.2, -0.15) is 9.67 Å². The highest BCUT2D eigenvalue weighted by molar-refractivity contribution is 5.73. The van der Waals surface area contributed by atoms with Crippen molar-refractivity contribution in [3.8, 4) is 5.69 Å². The average Bonchev–Trinajstić information content (AvgIpc) is 3.35. The number of benzene rings is 2. The van der Waals surface area contributed by atoms with Crippen molar-refractivity contribution in [3.05, 3.63) is 65.4 Å². The maximum absolute atomic E-state index is 10.8. The first kappa shape index (κ1) is 17.3. The molecule has 0 unspecified atom stereocenters. The molecule has 2 N–H and O–H groups in total. The molecular formula is C21H18N6O2. The second-order valence-electron chi connectivity index (χ2n) is 7.10. The Kier molecular flexibility index (Phi) is 4.16. The van der Waals surface area contributed by atoms with Crippen LogP contribution in [0.3, 0.4) is 0 Å². The van der Waals surface area contributed by atoms with Crippen molar-refractivity contribution >= 4 is 28.8 Å². The number of nitrogens with one attached hydrogen (secondary N) is 1. The number of hydrogen-bond acceptors (Lipinski definition) is 6. The van der Waals surface area contributed by atoms with Gasteiger partial charge in [0, 0.05) is 5.69 Å². The third-order valence-corrected chi connectivity index (χ3v) is 5.08. The Morgan fingerprint density at radius 2 is 1.93 bits per heavy atom. The SMILES string of the molecule is O=C(O)Cc1ccc(Nc2ncc3nnn(-c4ccc5c(c4)CCC5)c3n2)cc1. The molecule has 0 fully saturated rings. The molecule has 0 spiro atoms. The molecular weight excluding hydrogens is 368 g/mol. The lowest BCUT2D eigenvalue weighted by Gasteiger charge is -2.07. The Balaban J connectivity index is 1.44. The van der Waals surface area contributed by atoms with E-state index >= 15 is 0 Å². The number of hydrogen-bond donors (Lipinski definition) is 2. The van der Waals surface area contributed by atoms with Crippen LogP contribution in [0.25, 0.3) is 16.9 Å². The van der Waals surface area contributed by atoms with E-state index in [9.17, 15) is 4.79 Å². The first-order chi connectivity index (χ1) is 14.2. The third kappa shape index (κ3) is 3.40. The van der Waals surface area contributed by atoms with E-state index in [2.05, 4.69) is 43.8 Å². The zero-order valence-corrected chi connectivity index (χ0v) is 15.5. The lowest BCUT2D eigenvalue weighted by atomic mass is 10.1. The van der Waals surface area contributed by atoms with Crippen LogP contribution in [-0.2, 0) is 24.1 Å². The van der Waals surface area contributed by atoms with E-state index < -0.39 is 5.97 Å². The van der Waals surface area contributed by atoms with E-state index in [1.54, 1.807) is 23.0 Å². The van der Waals surface area contributed by atoms with Gasteiger partial charge in [0.05, 0.1) is 18.3 Å². The van der Waals surface area contributed by atoms with Gasteiger partial charge in [0.2, 0.25) is 5.95 Å². The summed E-state index contributed by atoms with van der Waals surface area (Å²) in [6, 6.07) is 13.5. The van der Waals surface area contributed by atoms with E-state index in [-0.39, 0.29) is 6.42 Å². The van der Waals surface area contributed by atoms with Crippen LogP contribution in [-0.4, -0.2) is 36.0 Å². The summed E-state index contributed by atoms with van der Waals surface area (Å²) in [5.74, 6) is -0.431. The number of anilines is 2. The first-order valence-electron chi connectivity index (χ1n) is 9.44. The van der Waals surface area contributed by atoms with E-state index in [0.29, 0.717) is 17.1 Å². The maximum Gasteiger partial charge on any atom is 0.307 e. The fraction of sp³-hybridized carbons (Fsp3) is 0.190. The zero-order chi connectivity index (χ0) is 19.8. The molecule has 1 aliphatic rings. The molecule has 0 atom stereocenters. The normalized spacial score (nSPS) is 12.8. The summed E-state index contributed by atoms with van der Waals surface area (Å²) in [4.78, 5) is 19.7. The summed E-state index contributed by atoms with van der Waals surface area (Å²) in [5, 5.41) is 20.5. The van der Waals surface area contributed by atoms with Crippen molar-refractivity contribution in [2.24, 2.45) is 0 Å². The lowest BCUT2D eigenvalue weighted by molar-refractivity contribution is -0.136. The third-order valence-electron chi connectivity index (χ3n) is 5.08. The second kappa shape index (κ2) is 6.97. The highest BCUT2D eigenvalue weighted by Crippen LogP contribution is 2.25. The molecule has 0 saturated carbocycles. The molecule has 8 heteroatoms. The quantitative estimate of drug-likeness (QED) is 0.543. The number of fused-ring (bicyclic) bond motifs is 2. The highest BCUT2D eigenvalue weighted by atomic mass is 16.4. The highest BCUT2D eigenvalue weighted by Gasteiger charge is 2.15. The topological polar surface area (TPSA) is 106 Å². The molecule has 0 aliphatic heterocycles. The van der Waals surface area contributed by atoms with Crippen LogP contribution in [0.2, 0.25) is 0 Å². The molecule has 4 aromatic rings. The van der Waals surface area contributed by atoms with Crippen LogP contribution >= 0.6 is 0 Å². The summed E-state index contributed by atoms with van der Waals surface area (Å²) in [6.45, 7) is 0. The Morgan fingerprint density at radius 3 is 2.76 bits per heavy atom. The molecule has 5 rings (SSSR count). The van der Waals surface area contributed by atoms with Crippen LogP contribution in [0.5, 0.6) is 0 Å². The summed E-state index contributed by atoms with van der Waals surface area (Å²) < 4.78 is 1.73. The van der Waals surface area contributed by atoms with Crippen LogP contribution in [0.15, 0.2) is 48.7 Å². The monoisotopic (exact) mass is 386 g/mol. The molecule has 0 radical (unpaired) electrons. The maximum atomic E-state index is 10.8. The number of aryl methyl sites for hydroxylation is 2. The van der Waals surface area contributed by atoms with Gasteiger partial charge < -0.3 is 10.4 Å². The largest absolute Gasteiger partial charge is 0.481 e. The predicted octanol–water partition coefficient (Wildman–Crippen LogP) is 3.07. The minimum atomic E-state index is -0.855. The van der Waals surface area contributed by atoms with Crippen molar-refractivity contribution in [1.29, 1.82) is 0 Å². The van der Waals surface area contributed by atoms with E-state index in [0.717, 1.165) is 29.8 Å². The average molecular weight is 386 g/mol. The van der Waals surface area contributed by atoms with Crippen molar-refractivity contribution in [2.45, 2.75) is 25.7 Å². The van der Waals surface area contributed by atoms with Crippen molar-refractivity contribution in [3.63, 3.8) is 0 Å². The number of carboxylic acids is 1. The van der Waals surface area contributed by atoms with E-state index in [4.69, 9.17) is 5.11 Å². The number of rotatable bonds is 5. The minimum absolute atomic E-state index is 0.00558. The predicted molar refractivity (Wildman–Crippen MR) is 108 cm³/mol. The van der Waals surface area contributed by atoms with Crippen molar-refractivity contribution < 1.29 is 9.90 Å². The Hall–Kier alpha value is -3.81. The van der Waals surface area contributed by atoms with Crippen LogP contribution in [0.1, 0.15) is 23.1 Å². The molecule has 8 nitrogen and oxygen atoms in total. The molecule has 2 aromatic carbocycles. The Morgan fingerprint density at radius 1 is 1.10 bits per heavy atom. The number of carboxylic acid groups (broad SMARTS) is 1. The number of aliphatic carboxylic acids is 1. The Bertz CT molecular complexity index is 1220. The first-order valence-corrected chi connectivity index (χ1v) is 9.44. The molecule has 2 aromatic heterocycles. The summed E-state index contributed by atoms with van der Waals surface area (Å²) in [7, 11) is 0. The zero-order valence-electron chi connectivity index (χ0n) is 15.5. The van der Waals surface area contributed by atoms with Gasteiger partial charge >= 0.3 is 5.97 Å². The fourth-order valence-corrected chi connectivity index (χ4v) is 3.66. The van der Waals surface area contributed by atoms with Gasteiger partial charge in [-0.3, -0.25) is 4.79 Å². The summed E-state index contributed by atoms with van der Waals surface area (Å²) in [6.07, 6.45) is 5.05. The van der Waals surface area contributed by atoms with Gasteiger partial charge in [-0.1, -0.05) is 23.4 Å².